The molecule has 5 heterocycles. The summed E-state index contributed by atoms with van der Waals surface area (Å²) < 4.78 is 59.2. The number of fused-ring (bicyclic) bond motifs is 1. The third-order valence-corrected chi connectivity index (χ3v) is 8.48. The van der Waals surface area contributed by atoms with Gasteiger partial charge >= 0.3 is 12.3 Å². The Kier molecular flexibility index (Phi) is 9.02. The van der Waals surface area contributed by atoms with Crippen LogP contribution in [0.1, 0.15) is 64.9 Å². The number of para-hydroxylation sites is 2. The van der Waals surface area contributed by atoms with E-state index in [1.54, 1.807) is 51.1 Å². The molecule has 0 saturated carbocycles. The van der Waals surface area contributed by atoms with Gasteiger partial charge in [-0.25, -0.2) is 19.3 Å². The van der Waals surface area contributed by atoms with Crippen molar-refractivity contribution in [2.45, 2.75) is 78.2 Å². The number of likely N-dealkylation sites (tertiary alicyclic amines) is 1. The van der Waals surface area contributed by atoms with E-state index in [0.717, 1.165) is 4.68 Å². The van der Waals surface area contributed by atoms with Gasteiger partial charge < -0.3 is 19.3 Å². The Balaban J connectivity index is 1.48. The molecule has 1 N–H and O–H groups in total. The third-order valence-electron chi connectivity index (χ3n) is 8.48. The summed E-state index contributed by atoms with van der Waals surface area (Å²) in [5.41, 5.74) is -0.519. The van der Waals surface area contributed by atoms with Crippen LogP contribution in [-0.2, 0) is 20.4 Å². The van der Waals surface area contributed by atoms with Crippen molar-refractivity contribution in [3.8, 4) is 17.2 Å². The number of ether oxygens (including phenoxy) is 2. The minimum Gasteiger partial charge on any atom is -0.444 e. The predicted molar refractivity (Wildman–Crippen MR) is 176 cm³/mol. The van der Waals surface area contributed by atoms with Crippen LogP contribution < -0.4 is 10.2 Å². The molecule has 49 heavy (non-hydrogen) atoms. The van der Waals surface area contributed by atoms with E-state index in [9.17, 15) is 9.59 Å². The highest BCUT2D eigenvalue weighted by molar-refractivity contribution is 5.90. The lowest BCUT2D eigenvalue weighted by Gasteiger charge is -2.34. The van der Waals surface area contributed by atoms with E-state index >= 15 is 13.2 Å². The van der Waals surface area contributed by atoms with Gasteiger partial charge in [-0.1, -0.05) is 12.1 Å². The van der Waals surface area contributed by atoms with E-state index in [4.69, 9.17) is 19.4 Å². The smallest absolute Gasteiger partial charge is 0.433 e. The van der Waals surface area contributed by atoms with Gasteiger partial charge in [0.2, 0.25) is 17.8 Å². The lowest BCUT2D eigenvalue weighted by molar-refractivity contribution is -0.144. The van der Waals surface area contributed by atoms with Gasteiger partial charge in [-0.05, 0) is 59.6 Å². The minimum atomic E-state index is -4.79. The molecule has 2 amide bonds. The second kappa shape index (κ2) is 12.9. The molecular formula is C33H40F3N9O4. The van der Waals surface area contributed by atoms with Crippen LogP contribution >= 0.6 is 0 Å². The molecule has 0 aliphatic carbocycles. The van der Waals surface area contributed by atoms with Gasteiger partial charge in [0.1, 0.15) is 11.4 Å². The highest BCUT2D eigenvalue weighted by Crippen LogP contribution is 2.42. The van der Waals surface area contributed by atoms with Gasteiger partial charge in [0.05, 0.1) is 53.3 Å². The molecule has 262 valence electrons. The number of carbonyl (C=O) groups excluding carboxylic acids is 2. The van der Waals surface area contributed by atoms with E-state index in [1.165, 1.54) is 23.3 Å². The molecule has 0 unspecified atom stereocenters. The van der Waals surface area contributed by atoms with E-state index in [0.29, 0.717) is 36.6 Å². The van der Waals surface area contributed by atoms with Crippen molar-refractivity contribution >= 4 is 34.8 Å². The molecule has 0 radical (unpaired) electrons. The number of alkyl halides is 3. The number of anilines is 2. The summed E-state index contributed by atoms with van der Waals surface area (Å²) in [5, 5.41) is 7.17. The summed E-state index contributed by atoms with van der Waals surface area (Å²) in [5.74, 6) is 0.179. The van der Waals surface area contributed by atoms with Gasteiger partial charge in [0.15, 0.2) is 5.69 Å². The van der Waals surface area contributed by atoms with Crippen LogP contribution in [0.3, 0.4) is 0 Å². The number of aromatic nitrogens is 6. The first-order chi connectivity index (χ1) is 23.1. The van der Waals surface area contributed by atoms with E-state index in [-0.39, 0.29) is 66.7 Å². The fourth-order valence-corrected chi connectivity index (χ4v) is 6.34. The number of carbonyl (C=O) groups is 2. The summed E-state index contributed by atoms with van der Waals surface area (Å²) in [6.45, 7) is 11.8. The molecule has 2 fully saturated rings. The average molecular weight is 684 g/mol. The normalized spacial score (nSPS) is 17.9. The Bertz CT molecular complexity index is 1870. The van der Waals surface area contributed by atoms with Crippen LogP contribution in [0.5, 0.6) is 0 Å². The molecule has 16 heteroatoms. The molecule has 6 rings (SSSR count). The Morgan fingerprint density at radius 2 is 1.76 bits per heavy atom. The number of nitrogens with zero attached hydrogens (tertiary/aromatic N) is 8. The van der Waals surface area contributed by atoms with Crippen LogP contribution in [0, 0.1) is 6.92 Å². The monoisotopic (exact) mass is 683 g/mol. The zero-order valence-corrected chi connectivity index (χ0v) is 28.3. The molecule has 1 aromatic carbocycles. The molecule has 3 aromatic heterocycles. The summed E-state index contributed by atoms with van der Waals surface area (Å²) in [7, 11) is 0. The van der Waals surface area contributed by atoms with Crippen molar-refractivity contribution in [3.05, 3.63) is 41.7 Å². The first kappa shape index (κ1) is 34.1. The lowest BCUT2D eigenvalue weighted by Crippen LogP contribution is -2.44. The number of morpholine rings is 1. The fourth-order valence-electron chi connectivity index (χ4n) is 6.34. The maximum atomic E-state index is 15.2. The largest absolute Gasteiger partial charge is 0.444 e. The molecular weight excluding hydrogens is 643 g/mol. The highest BCUT2D eigenvalue weighted by atomic mass is 19.4. The molecule has 0 spiro atoms. The zero-order chi connectivity index (χ0) is 35.2. The number of benzene rings is 1. The molecule has 2 aliphatic rings. The summed E-state index contributed by atoms with van der Waals surface area (Å²) in [6.07, 6.45) is -4.77. The number of aryl methyl sites for hydroxylation is 1. The summed E-state index contributed by atoms with van der Waals surface area (Å²) >= 11 is 0. The van der Waals surface area contributed by atoms with Crippen molar-refractivity contribution in [1.29, 1.82) is 0 Å². The second-order valence-corrected chi connectivity index (χ2v) is 13.4. The number of halogens is 3. The van der Waals surface area contributed by atoms with Gasteiger partial charge in [-0.3, -0.25) is 14.8 Å². The van der Waals surface area contributed by atoms with Crippen LogP contribution in [0.2, 0.25) is 0 Å². The number of piperidine rings is 1. The van der Waals surface area contributed by atoms with E-state index < -0.39 is 29.6 Å². The number of hydrogen-bond donors (Lipinski definition) is 1. The second-order valence-electron chi connectivity index (χ2n) is 13.4. The molecule has 2 saturated heterocycles. The van der Waals surface area contributed by atoms with Crippen molar-refractivity contribution in [2.24, 2.45) is 0 Å². The topological polar surface area (TPSA) is 133 Å². The molecule has 1 atom stereocenters. The maximum Gasteiger partial charge on any atom is 0.433 e. The first-order valence-corrected chi connectivity index (χ1v) is 16.2. The zero-order valence-electron chi connectivity index (χ0n) is 28.3. The van der Waals surface area contributed by atoms with Crippen molar-refractivity contribution in [1.82, 2.24) is 34.2 Å². The van der Waals surface area contributed by atoms with Crippen LogP contribution in [-0.4, -0.2) is 90.7 Å². The van der Waals surface area contributed by atoms with Crippen molar-refractivity contribution in [3.63, 3.8) is 0 Å². The number of rotatable bonds is 5. The SMILES string of the molecule is CC(=O)Nc1nc2ccccc2n1-c1nc(-c2c(C)nn(C3CCN(C(=O)OC(C)(C)C)CC3)c2C(F)(F)F)cc(N2CCOC[C@H]2C)n1. The van der Waals surface area contributed by atoms with Crippen LogP contribution in [0.15, 0.2) is 30.3 Å². The number of nitrogens with one attached hydrogen (secondary N) is 1. The van der Waals surface area contributed by atoms with Gasteiger partial charge in [0.25, 0.3) is 0 Å². The number of imidazole rings is 1. The van der Waals surface area contributed by atoms with Gasteiger partial charge in [-0.2, -0.15) is 23.3 Å². The Morgan fingerprint density at radius 3 is 2.41 bits per heavy atom. The van der Waals surface area contributed by atoms with Gasteiger partial charge in [0, 0.05) is 32.6 Å². The predicted octanol–water partition coefficient (Wildman–Crippen LogP) is 5.76. The minimum absolute atomic E-state index is 0.0208. The van der Waals surface area contributed by atoms with E-state index in [2.05, 4.69) is 15.4 Å². The van der Waals surface area contributed by atoms with Crippen molar-refractivity contribution < 1.29 is 32.2 Å². The Labute approximate surface area is 281 Å². The van der Waals surface area contributed by atoms with E-state index in [1.807, 2.05) is 11.8 Å². The molecule has 0 bridgehead atoms. The Hall–Kier alpha value is -4.73. The number of hydrogen-bond acceptors (Lipinski definition) is 9. The average Bonchev–Trinajstić information content (AvgIpc) is 3.57. The summed E-state index contributed by atoms with van der Waals surface area (Å²) in [6, 6.07) is 7.92. The van der Waals surface area contributed by atoms with Crippen LogP contribution in [0.4, 0.5) is 29.7 Å². The maximum absolute atomic E-state index is 15.2. The molecule has 13 nitrogen and oxygen atoms in total. The Morgan fingerprint density at radius 1 is 1.04 bits per heavy atom. The van der Waals surface area contributed by atoms with Crippen LogP contribution in [0.25, 0.3) is 28.2 Å². The summed E-state index contributed by atoms with van der Waals surface area (Å²) in [4.78, 5) is 42.4. The lowest BCUT2D eigenvalue weighted by atomic mass is 10.0. The standard InChI is InChI=1S/C33H40F3N9O4/c1-19-18-48-16-15-43(19)26-17-24(39-30(40-26)44-25-10-8-7-9-23(25)38-29(44)37-21(3)46)27-20(2)41-45(28(27)33(34,35)36)22-11-13-42(14-12-22)31(47)49-32(4,5)6/h7-10,17,19,22H,11-16,18H2,1-6H3,(H,37,38,46)/t19-/m1/s1. The third kappa shape index (κ3) is 7.05. The molecule has 2 aliphatic heterocycles. The highest BCUT2D eigenvalue weighted by Gasteiger charge is 2.43. The quantitative estimate of drug-likeness (QED) is 0.279. The molecule has 4 aromatic rings. The number of amides is 2. The van der Waals surface area contributed by atoms with Crippen molar-refractivity contribution in [2.75, 3.05) is 43.1 Å². The first-order valence-electron chi connectivity index (χ1n) is 16.2. The van der Waals surface area contributed by atoms with Gasteiger partial charge in [-0.15, -0.1) is 0 Å². The fraction of sp³-hybridized carbons (Fsp3) is 0.515.